The zero-order valence-corrected chi connectivity index (χ0v) is 66.0. The molecule has 0 aliphatic rings. The maximum Gasteiger partial charge on any atom is -0.00241 e. The lowest BCUT2D eigenvalue weighted by Gasteiger charge is -2.16. The standard InChI is InChI=1S/2C37H32.C36H30/c1-23-7-6-8-30(15-23)37-35-11-9-28(31-16-24(2)13-25(3)17-31)20-33(35)22-34-21-29(10-12-36(34)37)32-18-26(4)14-27(5)19-32;1-23-14-24(2)17-30(16-23)28-10-12-35-32(20-28)22-33-21-29(31-18-25(3)15-26(4)19-31)11-13-36(33)37(35)34-9-7-6-8-27(34)5;1-23-14-24(2)17-30(16-23)28-10-12-34-32(20-28)22-33-21-29(31-18-25(3)15-26(4)19-31)11-13-35(33)36(34)27-8-6-5-7-9-27/h2*6-22H,1-5H3;5-22H,1-4H3. The van der Waals surface area contributed by atoms with E-state index in [4.69, 9.17) is 0 Å². The van der Waals surface area contributed by atoms with Gasteiger partial charge in [0.15, 0.2) is 0 Å². The van der Waals surface area contributed by atoms with Crippen LogP contribution >= 0.6 is 0 Å². The highest BCUT2D eigenvalue weighted by molar-refractivity contribution is 6.17. The molecule has 0 atom stereocenters. The van der Waals surface area contributed by atoms with Gasteiger partial charge in [-0.15, -0.1) is 0 Å². The first kappa shape index (κ1) is 71.8. The second kappa shape index (κ2) is 29.9. The highest BCUT2D eigenvalue weighted by Crippen LogP contribution is 2.45. The maximum absolute atomic E-state index is 2.38. The van der Waals surface area contributed by atoms with Crippen molar-refractivity contribution in [1.82, 2.24) is 0 Å². The van der Waals surface area contributed by atoms with E-state index in [1.807, 2.05) is 0 Å². The maximum atomic E-state index is 2.38. The van der Waals surface area contributed by atoms with Crippen LogP contribution in [0.4, 0.5) is 0 Å². The Kier molecular flexibility index (Phi) is 19.5. The fourth-order valence-electron chi connectivity index (χ4n) is 17.5. The zero-order chi connectivity index (χ0) is 76.2. The van der Waals surface area contributed by atoms with Crippen molar-refractivity contribution in [2.45, 2.75) is 96.9 Å². The molecule has 0 nitrogen and oxygen atoms in total. The SMILES string of the molecule is Cc1cc(C)cc(-c2ccc3c(-c4cccc(C)c4)c4ccc(-c5cc(C)cc(C)c5)cc4cc3c2)c1.Cc1cc(C)cc(-c2ccc3c(-c4ccccc4)c4ccc(-c5cc(C)cc(C)c5)cc4cc3c2)c1.Cc1cc(C)cc(-c2ccc3c(-c4ccccc4C)c4ccc(-c5cc(C)cc(C)c5)cc4cc3c2)c1. The van der Waals surface area contributed by atoms with Crippen molar-refractivity contribution in [3.05, 3.63) is 393 Å². The molecule has 0 bridgehead atoms. The van der Waals surface area contributed by atoms with Gasteiger partial charge in [0, 0.05) is 0 Å². The number of benzene rings is 18. The highest BCUT2D eigenvalue weighted by Gasteiger charge is 2.19. The van der Waals surface area contributed by atoms with Crippen molar-refractivity contribution < 1.29 is 0 Å². The summed E-state index contributed by atoms with van der Waals surface area (Å²) in [6.07, 6.45) is 0. The summed E-state index contributed by atoms with van der Waals surface area (Å²) in [7, 11) is 0. The lowest BCUT2D eigenvalue weighted by atomic mass is 9.87. The zero-order valence-electron chi connectivity index (χ0n) is 66.0. The molecule has 0 aromatic heterocycles. The van der Waals surface area contributed by atoms with Gasteiger partial charge in [0.05, 0.1) is 0 Å². The van der Waals surface area contributed by atoms with Crippen LogP contribution in [0.1, 0.15) is 77.9 Å². The molecular weight excluding hydrogens is 1320 g/mol. The van der Waals surface area contributed by atoms with Gasteiger partial charge >= 0.3 is 0 Å². The third-order valence-corrected chi connectivity index (χ3v) is 22.0. The van der Waals surface area contributed by atoms with E-state index in [9.17, 15) is 0 Å². The van der Waals surface area contributed by atoms with Crippen LogP contribution in [-0.2, 0) is 0 Å². The Hall–Kier alpha value is -12.5. The van der Waals surface area contributed by atoms with E-state index in [0.717, 1.165) is 0 Å². The van der Waals surface area contributed by atoms with Crippen molar-refractivity contribution in [3.63, 3.8) is 0 Å². The van der Waals surface area contributed by atoms with E-state index in [1.165, 1.54) is 243 Å². The van der Waals surface area contributed by atoms with Crippen molar-refractivity contribution >= 4 is 64.6 Å². The molecule has 0 heteroatoms. The molecule has 534 valence electrons. The summed E-state index contributed by atoms with van der Waals surface area (Å²) in [6.45, 7) is 30.5. The van der Waals surface area contributed by atoms with Crippen LogP contribution in [0.5, 0.6) is 0 Å². The minimum absolute atomic E-state index is 1.26. The Morgan fingerprint density at radius 2 is 0.355 bits per heavy atom. The van der Waals surface area contributed by atoms with E-state index in [2.05, 4.69) is 412 Å². The molecule has 0 fully saturated rings. The van der Waals surface area contributed by atoms with Gasteiger partial charge in [0.2, 0.25) is 0 Å². The molecule has 18 aromatic carbocycles. The molecule has 0 saturated carbocycles. The normalized spacial score (nSPS) is 11.4. The molecule has 0 amide bonds. The molecular formula is C110H94. The molecule has 0 heterocycles. The minimum Gasteiger partial charge on any atom is -0.0622 e. The Bertz CT molecular complexity index is 6220. The van der Waals surface area contributed by atoms with E-state index >= 15 is 0 Å². The van der Waals surface area contributed by atoms with Crippen LogP contribution < -0.4 is 0 Å². The van der Waals surface area contributed by atoms with Gasteiger partial charge in [-0.1, -0.05) is 333 Å². The average Bonchev–Trinajstić information content (AvgIpc) is 0.755. The third-order valence-electron chi connectivity index (χ3n) is 22.0. The number of hydrogen-bond donors (Lipinski definition) is 0. The lowest BCUT2D eigenvalue weighted by molar-refractivity contribution is 1.38. The summed E-state index contributed by atoms with van der Waals surface area (Å²) in [4.78, 5) is 0. The van der Waals surface area contributed by atoms with Crippen LogP contribution in [-0.4, -0.2) is 0 Å². The Morgan fingerprint density at radius 1 is 0.127 bits per heavy atom. The second-order valence-electron chi connectivity index (χ2n) is 31.7. The molecule has 0 unspecified atom stereocenters. The van der Waals surface area contributed by atoms with Gasteiger partial charge < -0.3 is 0 Å². The summed E-state index contributed by atoms with van der Waals surface area (Å²) in [5, 5.41) is 15.4. The van der Waals surface area contributed by atoms with Crippen molar-refractivity contribution in [3.8, 4) is 100 Å². The fraction of sp³-hybridized carbons (Fsp3) is 0.127. The van der Waals surface area contributed by atoms with Crippen LogP contribution in [0, 0.1) is 96.9 Å². The quantitative estimate of drug-likeness (QED) is 0.126. The lowest BCUT2D eigenvalue weighted by Crippen LogP contribution is -1.90. The highest BCUT2D eigenvalue weighted by atomic mass is 14.2. The summed E-state index contributed by atoms with van der Waals surface area (Å²) in [5.41, 5.74) is 41.2. The smallest absolute Gasteiger partial charge is 0.00241 e. The molecule has 0 radical (unpaired) electrons. The van der Waals surface area contributed by atoms with Gasteiger partial charge in [-0.25, -0.2) is 0 Å². The van der Waals surface area contributed by atoms with Gasteiger partial charge in [-0.3, -0.25) is 0 Å². The van der Waals surface area contributed by atoms with Crippen molar-refractivity contribution in [2.75, 3.05) is 0 Å². The van der Waals surface area contributed by atoms with E-state index in [1.54, 1.807) is 0 Å². The first-order valence-electron chi connectivity index (χ1n) is 38.9. The predicted octanol–water partition coefficient (Wildman–Crippen LogP) is 31.3. The molecule has 110 heavy (non-hydrogen) atoms. The van der Waals surface area contributed by atoms with Crippen LogP contribution in [0.3, 0.4) is 0 Å². The first-order chi connectivity index (χ1) is 53.1. The summed E-state index contributed by atoms with van der Waals surface area (Å²) in [6, 6.07) is 118. The van der Waals surface area contributed by atoms with E-state index in [-0.39, 0.29) is 0 Å². The largest absolute Gasteiger partial charge is 0.0622 e. The monoisotopic (exact) mass is 1410 g/mol. The van der Waals surface area contributed by atoms with Crippen LogP contribution in [0.15, 0.2) is 315 Å². The molecule has 18 rings (SSSR count). The Labute approximate surface area is 650 Å². The fourth-order valence-corrected chi connectivity index (χ4v) is 17.5. The average molecular weight is 1420 g/mol. The van der Waals surface area contributed by atoms with E-state index in [0.29, 0.717) is 0 Å². The van der Waals surface area contributed by atoms with Gasteiger partial charge in [0.1, 0.15) is 0 Å². The number of fused-ring (bicyclic) bond motifs is 6. The predicted molar refractivity (Wildman–Crippen MR) is 480 cm³/mol. The van der Waals surface area contributed by atoms with Gasteiger partial charge in [0.25, 0.3) is 0 Å². The Morgan fingerprint density at radius 3 is 0.618 bits per heavy atom. The topological polar surface area (TPSA) is 0 Å². The summed E-state index contributed by atoms with van der Waals surface area (Å²) in [5.74, 6) is 0. The number of aryl methyl sites for hydroxylation is 14. The first-order valence-corrected chi connectivity index (χ1v) is 38.9. The third kappa shape index (κ3) is 15.0. The van der Waals surface area contributed by atoms with Crippen LogP contribution in [0.2, 0.25) is 0 Å². The molecule has 0 N–H and O–H groups in total. The van der Waals surface area contributed by atoms with Crippen LogP contribution in [0.25, 0.3) is 165 Å². The van der Waals surface area contributed by atoms with E-state index < -0.39 is 0 Å². The Balaban J connectivity index is 0.000000125. The second-order valence-corrected chi connectivity index (χ2v) is 31.7. The van der Waals surface area contributed by atoms with Crippen molar-refractivity contribution in [1.29, 1.82) is 0 Å². The minimum atomic E-state index is 1.26. The van der Waals surface area contributed by atoms with Gasteiger partial charge in [-0.2, -0.15) is 0 Å². The molecule has 18 aromatic rings. The van der Waals surface area contributed by atoms with Gasteiger partial charge in [-0.05, 0) is 322 Å². The molecule has 0 spiro atoms. The summed E-state index contributed by atoms with van der Waals surface area (Å²) < 4.78 is 0. The molecule has 0 aliphatic heterocycles. The van der Waals surface area contributed by atoms with Crippen molar-refractivity contribution in [2.24, 2.45) is 0 Å². The number of rotatable bonds is 9. The molecule has 0 aliphatic carbocycles. The number of hydrogen-bond acceptors (Lipinski definition) is 0. The summed E-state index contributed by atoms with van der Waals surface area (Å²) >= 11 is 0. The molecule has 0 saturated heterocycles.